The summed E-state index contributed by atoms with van der Waals surface area (Å²) in [6.07, 6.45) is 2.02. The molecule has 5 heteroatoms. The maximum absolute atomic E-state index is 11.7. The van der Waals surface area contributed by atoms with Crippen LogP contribution in [0.3, 0.4) is 0 Å². The summed E-state index contributed by atoms with van der Waals surface area (Å²) in [5.74, 6) is 0.316. The predicted molar refractivity (Wildman–Crippen MR) is 81.3 cm³/mol. The number of thiazole rings is 1. The highest BCUT2D eigenvalue weighted by atomic mass is 79.9. The summed E-state index contributed by atoms with van der Waals surface area (Å²) >= 11 is 4.95. The van der Waals surface area contributed by atoms with Gasteiger partial charge in [0.05, 0.1) is 5.69 Å². The van der Waals surface area contributed by atoms with Crippen LogP contribution < -0.4 is 5.32 Å². The minimum absolute atomic E-state index is 0.108. The Morgan fingerprint density at radius 2 is 2.05 bits per heavy atom. The van der Waals surface area contributed by atoms with Crippen molar-refractivity contribution >= 4 is 38.3 Å². The van der Waals surface area contributed by atoms with E-state index < -0.39 is 0 Å². The number of nitrogens with one attached hydrogen (secondary N) is 1. The third kappa shape index (κ3) is 2.87. The van der Waals surface area contributed by atoms with E-state index in [0.29, 0.717) is 5.13 Å². The molecule has 0 spiro atoms. The Balaban J connectivity index is 1.84. The Morgan fingerprint density at radius 1 is 1.37 bits per heavy atom. The van der Waals surface area contributed by atoms with Crippen molar-refractivity contribution in [3.63, 3.8) is 0 Å². The minimum Gasteiger partial charge on any atom is -0.302 e. The summed E-state index contributed by atoms with van der Waals surface area (Å²) in [5, 5.41) is 3.61. The van der Waals surface area contributed by atoms with Crippen LogP contribution in [0.1, 0.15) is 17.7 Å². The van der Waals surface area contributed by atoms with E-state index in [1.54, 1.807) is 0 Å². The van der Waals surface area contributed by atoms with Gasteiger partial charge in [0.25, 0.3) is 0 Å². The maximum Gasteiger partial charge on any atom is 0.229 e. The van der Waals surface area contributed by atoms with Gasteiger partial charge in [0.2, 0.25) is 5.91 Å². The third-order valence-electron chi connectivity index (χ3n) is 3.09. The highest BCUT2D eigenvalue weighted by molar-refractivity contribution is 9.10. The van der Waals surface area contributed by atoms with Crippen molar-refractivity contribution in [1.82, 2.24) is 4.98 Å². The SMILES string of the molecule is Cc1sc(NC(=O)C2CC2)nc1-c1ccc(Br)cc1. The van der Waals surface area contributed by atoms with Crippen molar-refractivity contribution in [1.29, 1.82) is 0 Å². The summed E-state index contributed by atoms with van der Waals surface area (Å²) in [5.41, 5.74) is 2.02. The first-order chi connectivity index (χ1) is 9.13. The van der Waals surface area contributed by atoms with Gasteiger partial charge in [0.15, 0.2) is 5.13 Å². The molecule has 1 amide bonds. The zero-order valence-electron chi connectivity index (χ0n) is 10.4. The molecular formula is C14H13BrN2OS. The molecule has 2 aromatic rings. The number of carbonyl (C=O) groups excluding carboxylic acids is 1. The van der Waals surface area contributed by atoms with Gasteiger partial charge in [-0.05, 0) is 31.9 Å². The molecule has 1 saturated carbocycles. The molecule has 1 fully saturated rings. The smallest absolute Gasteiger partial charge is 0.229 e. The molecule has 3 rings (SSSR count). The Labute approximate surface area is 124 Å². The summed E-state index contributed by atoms with van der Waals surface area (Å²) in [6.45, 7) is 2.03. The maximum atomic E-state index is 11.7. The van der Waals surface area contributed by atoms with Gasteiger partial charge in [-0.15, -0.1) is 11.3 Å². The zero-order valence-corrected chi connectivity index (χ0v) is 12.8. The number of rotatable bonds is 3. The lowest BCUT2D eigenvalue weighted by Gasteiger charge is -1.99. The first kappa shape index (κ1) is 12.8. The van der Waals surface area contributed by atoms with Crippen molar-refractivity contribution in [2.45, 2.75) is 19.8 Å². The Kier molecular flexibility index (Phi) is 3.41. The number of aromatic nitrogens is 1. The van der Waals surface area contributed by atoms with Crippen LogP contribution in [0.25, 0.3) is 11.3 Å². The van der Waals surface area contributed by atoms with Gasteiger partial charge in [-0.3, -0.25) is 4.79 Å². The molecule has 0 unspecified atom stereocenters. The van der Waals surface area contributed by atoms with Crippen LogP contribution in [0.5, 0.6) is 0 Å². The van der Waals surface area contributed by atoms with Crippen molar-refractivity contribution in [2.75, 3.05) is 5.32 Å². The normalized spacial score (nSPS) is 14.4. The summed E-state index contributed by atoms with van der Waals surface area (Å²) in [6, 6.07) is 8.05. The van der Waals surface area contributed by atoms with E-state index >= 15 is 0 Å². The topological polar surface area (TPSA) is 42.0 Å². The average Bonchev–Trinajstić information content (AvgIpc) is 3.16. The number of aryl methyl sites for hydroxylation is 1. The van der Waals surface area contributed by atoms with E-state index in [4.69, 9.17) is 0 Å². The van der Waals surface area contributed by atoms with Gasteiger partial charge >= 0.3 is 0 Å². The summed E-state index contributed by atoms with van der Waals surface area (Å²) < 4.78 is 1.05. The molecule has 1 aromatic heterocycles. The molecule has 0 aliphatic heterocycles. The minimum atomic E-state index is 0.108. The lowest BCUT2D eigenvalue weighted by Crippen LogP contribution is -2.12. The van der Waals surface area contributed by atoms with Crippen LogP contribution in [0.4, 0.5) is 5.13 Å². The molecule has 0 radical (unpaired) electrons. The second-order valence-electron chi connectivity index (χ2n) is 4.69. The third-order valence-corrected chi connectivity index (χ3v) is 4.51. The molecule has 1 aliphatic rings. The Hall–Kier alpha value is -1.20. The molecule has 1 aliphatic carbocycles. The van der Waals surface area contributed by atoms with E-state index in [1.807, 2.05) is 31.2 Å². The van der Waals surface area contributed by atoms with Crippen LogP contribution >= 0.6 is 27.3 Å². The Bertz CT molecular complexity index is 617. The first-order valence-corrected chi connectivity index (χ1v) is 7.78. The molecule has 98 valence electrons. The molecule has 0 atom stereocenters. The standard InChI is InChI=1S/C14H13BrN2OS/c1-8-12(9-4-6-11(15)7-5-9)16-14(19-8)17-13(18)10-2-3-10/h4-7,10H,2-3H2,1H3,(H,16,17,18). The van der Waals surface area contributed by atoms with Crippen LogP contribution in [0, 0.1) is 12.8 Å². The van der Waals surface area contributed by atoms with Crippen LogP contribution in [0.2, 0.25) is 0 Å². The molecule has 1 heterocycles. The number of benzene rings is 1. The molecule has 1 N–H and O–H groups in total. The first-order valence-electron chi connectivity index (χ1n) is 6.18. The fourth-order valence-corrected chi connectivity index (χ4v) is 2.98. The molecular weight excluding hydrogens is 324 g/mol. The average molecular weight is 337 g/mol. The highest BCUT2D eigenvalue weighted by Gasteiger charge is 2.30. The van der Waals surface area contributed by atoms with Crippen molar-refractivity contribution in [3.05, 3.63) is 33.6 Å². The van der Waals surface area contributed by atoms with Crippen molar-refractivity contribution in [2.24, 2.45) is 5.92 Å². The van der Waals surface area contributed by atoms with Gasteiger partial charge in [-0.25, -0.2) is 4.98 Å². The van der Waals surface area contributed by atoms with Crippen LogP contribution in [-0.2, 0) is 4.79 Å². The van der Waals surface area contributed by atoms with Gasteiger partial charge in [0.1, 0.15) is 0 Å². The quantitative estimate of drug-likeness (QED) is 0.911. The number of nitrogens with zero attached hydrogens (tertiary/aromatic N) is 1. The van der Waals surface area contributed by atoms with E-state index in [0.717, 1.165) is 33.4 Å². The number of halogens is 1. The van der Waals surface area contributed by atoms with E-state index in [-0.39, 0.29) is 11.8 Å². The number of anilines is 1. The zero-order chi connectivity index (χ0) is 13.4. The van der Waals surface area contributed by atoms with Gasteiger partial charge in [-0.2, -0.15) is 0 Å². The summed E-state index contributed by atoms with van der Waals surface area (Å²) in [7, 11) is 0. The van der Waals surface area contributed by atoms with Crippen LogP contribution in [-0.4, -0.2) is 10.9 Å². The lowest BCUT2D eigenvalue weighted by molar-refractivity contribution is -0.117. The fourth-order valence-electron chi connectivity index (χ4n) is 1.88. The molecule has 19 heavy (non-hydrogen) atoms. The van der Waals surface area contributed by atoms with E-state index in [1.165, 1.54) is 11.3 Å². The van der Waals surface area contributed by atoms with E-state index in [2.05, 4.69) is 26.2 Å². The molecule has 3 nitrogen and oxygen atoms in total. The molecule has 1 aromatic carbocycles. The van der Waals surface area contributed by atoms with E-state index in [9.17, 15) is 4.79 Å². The second-order valence-corrected chi connectivity index (χ2v) is 6.81. The molecule has 0 bridgehead atoms. The number of amides is 1. The van der Waals surface area contributed by atoms with Crippen molar-refractivity contribution in [3.8, 4) is 11.3 Å². The van der Waals surface area contributed by atoms with Crippen LogP contribution in [0.15, 0.2) is 28.7 Å². The monoisotopic (exact) mass is 336 g/mol. The lowest BCUT2D eigenvalue weighted by atomic mass is 10.1. The largest absolute Gasteiger partial charge is 0.302 e. The van der Waals surface area contributed by atoms with Crippen molar-refractivity contribution < 1.29 is 4.79 Å². The number of hydrogen-bond donors (Lipinski definition) is 1. The molecule has 0 saturated heterocycles. The fraction of sp³-hybridized carbons (Fsp3) is 0.286. The second kappa shape index (κ2) is 5.06. The number of carbonyl (C=O) groups is 1. The predicted octanol–water partition coefficient (Wildman–Crippen LogP) is 4.23. The summed E-state index contributed by atoms with van der Waals surface area (Å²) in [4.78, 5) is 17.4. The van der Waals surface area contributed by atoms with Gasteiger partial charge in [-0.1, -0.05) is 28.1 Å². The highest BCUT2D eigenvalue weighted by Crippen LogP contribution is 2.34. The van der Waals surface area contributed by atoms with Gasteiger partial charge < -0.3 is 5.32 Å². The van der Waals surface area contributed by atoms with Gasteiger partial charge in [0, 0.05) is 20.8 Å². The number of hydrogen-bond acceptors (Lipinski definition) is 3. The Morgan fingerprint density at radius 3 is 2.68 bits per heavy atom.